The number of aliphatic hydroxyl groups is 1. The summed E-state index contributed by atoms with van der Waals surface area (Å²) in [5, 5.41) is 15.3. The van der Waals surface area contributed by atoms with Crippen LogP contribution in [0.2, 0.25) is 0 Å². The van der Waals surface area contributed by atoms with Crippen molar-refractivity contribution < 1.29 is 14.7 Å². The van der Waals surface area contributed by atoms with Crippen molar-refractivity contribution >= 4 is 11.8 Å². The molecule has 5 heteroatoms. The van der Waals surface area contributed by atoms with Crippen LogP contribution >= 0.6 is 0 Å². The number of benzene rings is 1. The van der Waals surface area contributed by atoms with Gasteiger partial charge in [-0.05, 0) is 32.4 Å². The van der Waals surface area contributed by atoms with E-state index in [9.17, 15) is 14.7 Å². The van der Waals surface area contributed by atoms with E-state index in [1.54, 1.807) is 38.1 Å². The largest absolute Gasteiger partial charge is 0.388 e. The Bertz CT molecular complexity index is 472. The Hall–Kier alpha value is -1.88. The first kappa shape index (κ1) is 17.2. The Morgan fingerprint density at radius 2 is 1.90 bits per heavy atom. The minimum Gasteiger partial charge on any atom is -0.388 e. The van der Waals surface area contributed by atoms with Crippen molar-refractivity contribution in [1.82, 2.24) is 10.6 Å². The van der Waals surface area contributed by atoms with E-state index in [4.69, 9.17) is 0 Å². The van der Waals surface area contributed by atoms with Crippen molar-refractivity contribution in [1.29, 1.82) is 0 Å². The molecule has 0 aliphatic rings. The lowest BCUT2D eigenvalue weighted by Crippen LogP contribution is -2.49. The second-order valence-electron chi connectivity index (χ2n) is 5.53. The molecule has 1 aromatic carbocycles. The highest BCUT2D eigenvalue weighted by molar-refractivity contribution is 5.97. The first-order valence-electron chi connectivity index (χ1n) is 7.22. The fourth-order valence-electron chi connectivity index (χ4n) is 1.99. The smallest absolute Gasteiger partial charge is 0.251 e. The van der Waals surface area contributed by atoms with Gasteiger partial charge in [0.15, 0.2) is 0 Å². The summed E-state index contributed by atoms with van der Waals surface area (Å²) >= 11 is 0. The third-order valence-corrected chi connectivity index (χ3v) is 3.21. The van der Waals surface area contributed by atoms with E-state index in [-0.39, 0.29) is 18.4 Å². The van der Waals surface area contributed by atoms with Crippen LogP contribution in [0.4, 0.5) is 0 Å². The molecule has 1 rings (SSSR count). The summed E-state index contributed by atoms with van der Waals surface area (Å²) in [6, 6.07) is 8.07. The van der Waals surface area contributed by atoms with Crippen molar-refractivity contribution in [2.45, 2.75) is 45.3 Å². The lowest BCUT2D eigenvalue weighted by molar-refractivity contribution is -0.123. The molecule has 0 aromatic heterocycles. The highest BCUT2D eigenvalue weighted by atomic mass is 16.3. The van der Waals surface area contributed by atoms with Crippen LogP contribution in [0, 0.1) is 0 Å². The second-order valence-corrected chi connectivity index (χ2v) is 5.53. The molecule has 0 saturated carbocycles. The van der Waals surface area contributed by atoms with Gasteiger partial charge in [0.1, 0.15) is 6.04 Å². The summed E-state index contributed by atoms with van der Waals surface area (Å²) in [6.45, 7) is 5.44. The van der Waals surface area contributed by atoms with Crippen molar-refractivity contribution in [3.05, 3.63) is 35.9 Å². The fourth-order valence-corrected chi connectivity index (χ4v) is 1.99. The molecule has 0 aliphatic heterocycles. The maximum atomic E-state index is 11.9. The van der Waals surface area contributed by atoms with Gasteiger partial charge in [0.25, 0.3) is 5.91 Å². The van der Waals surface area contributed by atoms with Crippen LogP contribution in [-0.2, 0) is 4.79 Å². The van der Waals surface area contributed by atoms with E-state index in [1.807, 2.05) is 13.0 Å². The summed E-state index contributed by atoms with van der Waals surface area (Å²) < 4.78 is 0. The number of hydrogen-bond acceptors (Lipinski definition) is 3. The zero-order chi connectivity index (χ0) is 15.9. The normalized spacial score (nSPS) is 14.9. The molecule has 21 heavy (non-hydrogen) atoms. The molecule has 0 fully saturated rings. The van der Waals surface area contributed by atoms with E-state index in [0.29, 0.717) is 12.0 Å². The average Bonchev–Trinajstić information content (AvgIpc) is 2.45. The molecule has 0 saturated heterocycles. The van der Waals surface area contributed by atoms with Crippen molar-refractivity contribution in [2.75, 3.05) is 6.54 Å². The molecule has 2 atom stereocenters. The van der Waals surface area contributed by atoms with E-state index in [1.165, 1.54) is 0 Å². The van der Waals surface area contributed by atoms with Crippen LogP contribution in [0.25, 0.3) is 0 Å². The predicted molar refractivity (Wildman–Crippen MR) is 81.9 cm³/mol. The molecule has 0 heterocycles. The van der Waals surface area contributed by atoms with Crippen molar-refractivity contribution in [2.24, 2.45) is 0 Å². The predicted octanol–water partition coefficient (Wildman–Crippen LogP) is 1.47. The fraction of sp³-hybridized carbons (Fsp3) is 0.500. The van der Waals surface area contributed by atoms with Crippen LogP contribution < -0.4 is 10.6 Å². The quantitative estimate of drug-likeness (QED) is 0.712. The second kappa shape index (κ2) is 7.78. The first-order chi connectivity index (χ1) is 9.85. The lowest BCUT2D eigenvalue weighted by Gasteiger charge is -2.24. The minimum atomic E-state index is -0.923. The van der Waals surface area contributed by atoms with Crippen LogP contribution in [-0.4, -0.2) is 35.1 Å². The highest BCUT2D eigenvalue weighted by Gasteiger charge is 2.22. The number of carbonyl (C=O) groups is 2. The van der Waals surface area contributed by atoms with Gasteiger partial charge >= 0.3 is 0 Å². The summed E-state index contributed by atoms with van der Waals surface area (Å²) in [6.07, 6.45) is 1.45. The molecule has 0 aliphatic carbocycles. The molecule has 2 amide bonds. The molecule has 0 bridgehead atoms. The number of hydrogen-bond donors (Lipinski definition) is 3. The van der Waals surface area contributed by atoms with E-state index < -0.39 is 11.6 Å². The molecule has 1 aromatic rings. The van der Waals surface area contributed by atoms with Crippen molar-refractivity contribution in [3.63, 3.8) is 0 Å². The standard InChI is InChI=1S/C16H24N2O3/c1-4-10-16(3,21)11-17-14(19)12(2)18-15(20)13-8-6-5-7-9-13/h5-9,12,21H,4,10-11H2,1-3H3,(H,17,19)(H,18,20). The monoisotopic (exact) mass is 292 g/mol. The SMILES string of the molecule is CCCC(C)(O)CNC(=O)C(C)NC(=O)c1ccccc1. The van der Waals surface area contributed by atoms with Crippen LogP contribution in [0.15, 0.2) is 30.3 Å². The van der Waals surface area contributed by atoms with Gasteiger partial charge in [0.05, 0.1) is 5.60 Å². The number of amides is 2. The van der Waals surface area contributed by atoms with Gasteiger partial charge in [-0.1, -0.05) is 31.5 Å². The Morgan fingerprint density at radius 1 is 1.29 bits per heavy atom. The van der Waals surface area contributed by atoms with Gasteiger partial charge in [-0.3, -0.25) is 9.59 Å². The Kier molecular flexibility index (Phi) is 6.37. The van der Waals surface area contributed by atoms with Gasteiger partial charge in [-0.2, -0.15) is 0 Å². The minimum absolute atomic E-state index is 0.172. The Labute approximate surface area is 125 Å². The third kappa shape index (κ3) is 5.95. The summed E-state index contributed by atoms with van der Waals surface area (Å²) in [7, 11) is 0. The Balaban J connectivity index is 2.46. The molecule has 3 N–H and O–H groups in total. The van der Waals surface area contributed by atoms with Crippen LogP contribution in [0.5, 0.6) is 0 Å². The van der Waals surface area contributed by atoms with E-state index in [2.05, 4.69) is 10.6 Å². The third-order valence-electron chi connectivity index (χ3n) is 3.21. The molecule has 116 valence electrons. The topological polar surface area (TPSA) is 78.4 Å². The van der Waals surface area contributed by atoms with Crippen molar-refractivity contribution in [3.8, 4) is 0 Å². The molecule has 0 radical (unpaired) electrons. The van der Waals surface area contributed by atoms with Gasteiger partial charge in [0, 0.05) is 12.1 Å². The molecule has 2 unspecified atom stereocenters. The number of carbonyl (C=O) groups excluding carboxylic acids is 2. The maximum Gasteiger partial charge on any atom is 0.251 e. The average molecular weight is 292 g/mol. The van der Waals surface area contributed by atoms with E-state index >= 15 is 0 Å². The zero-order valence-electron chi connectivity index (χ0n) is 12.8. The first-order valence-corrected chi connectivity index (χ1v) is 7.22. The van der Waals surface area contributed by atoms with Gasteiger partial charge in [-0.15, -0.1) is 0 Å². The zero-order valence-corrected chi connectivity index (χ0v) is 12.8. The highest BCUT2D eigenvalue weighted by Crippen LogP contribution is 2.10. The summed E-state index contributed by atoms with van der Waals surface area (Å²) in [5.74, 6) is -0.603. The molecular formula is C16H24N2O3. The maximum absolute atomic E-state index is 11.9. The van der Waals surface area contributed by atoms with E-state index in [0.717, 1.165) is 6.42 Å². The van der Waals surface area contributed by atoms with Gasteiger partial charge < -0.3 is 15.7 Å². The molecular weight excluding hydrogens is 268 g/mol. The van der Waals surface area contributed by atoms with Crippen LogP contribution in [0.3, 0.4) is 0 Å². The number of nitrogens with one attached hydrogen (secondary N) is 2. The Morgan fingerprint density at radius 3 is 2.48 bits per heavy atom. The summed E-state index contributed by atoms with van der Waals surface area (Å²) in [4.78, 5) is 23.8. The lowest BCUT2D eigenvalue weighted by atomic mass is 10.0. The molecule has 0 spiro atoms. The van der Waals surface area contributed by atoms with Gasteiger partial charge in [-0.25, -0.2) is 0 Å². The van der Waals surface area contributed by atoms with Crippen LogP contribution in [0.1, 0.15) is 44.0 Å². The number of rotatable bonds is 7. The summed E-state index contributed by atoms with van der Waals surface area (Å²) in [5.41, 5.74) is -0.414. The van der Waals surface area contributed by atoms with Gasteiger partial charge in [0.2, 0.25) is 5.91 Å². The molecule has 5 nitrogen and oxygen atoms in total.